The van der Waals surface area contributed by atoms with Crippen LogP contribution in [-0.2, 0) is 5.60 Å². The van der Waals surface area contributed by atoms with E-state index in [1.165, 1.54) is 0 Å². The topological polar surface area (TPSA) is 46.2 Å². The fourth-order valence-corrected chi connectivity index (χ4v) is 1.04. The Kier molecular flexibility index (Phi) is 2.50. The van der Waals surface area contributed by atoms with Gasteiger partial charge in [0.05, 0.1) is 0 Å². The zero-order chi connectivity index (χ0) is 9.19. The van der Waals surface area contributed by atoms with Crippen LogP contribution in [0.25, 0.3) is 0 Å². The van der Waals surface area contributed by atoms with Crippen molar-refractivity contribution in [1.29, 1.82) is 0 Å². The van der Waals surface area contributed by atoms with Crippen LogP contribution < -0.4 is 5.73 Å². The van der Waals surface area contributed by atoms with Crippen molar-refractivity contribution in [2.45, 2.75) is 25.5 Å². The molecule has 0 amide bonds. The van der Waals surface area contributed by atoms with E-state index in [4.69, 9.17) is 5.73 Å². The average molecular weight is 165 g/mol. The molecule has 0 fully saturated rings. The Hall–Kier alpha value is -0.860. The second kappa shape index (κ2) is 3.25. The molecule has 66 valence electrons. The van der Waals surface area contributed by atoms with E-state index in [1.54, 1.807) is 13.8 Å². The largest absolute Gasteiger partial charge is 0.384 e. The van der Waals surface area contributed by atoms with E-state index >= 15 is 0 Å². The minimum atomic E-state index is -0.929. The summed E-state index contributed by atoms with van der Waals surface area (Å²) in [6.45, 7) is 3.53. The molecule has 0 saturated carbocycles. The third-order valence-corrected chi connectivity index (χ3v) is 2.24. The lowest BCUT2D eigenvalue weighted by Gasteiger charge is -2.27. The maximum absolute atomic E-state index is 9.94. The van der Waals surface area contributed by atoms with Crippen molar-refractivity contribution in [1.82, 2.24) is 0 Å². The van der Waals surface area contributed by atoms with Crippen LogP contribution in [0.5, 0.6) is 0 Å². The lowest BCUT2D eigenvalue weighted by molar-refractivity contribution is 0.0349. The fourth-order valence-electron chi connectivity index (χ4n) is 1.04. The van der Waals surface area contributed by atoms with Gasteiger partial charge in [0.25, 0.3) is 0 Å². The highest BCUT2D eigenvalue weighted by Gasteiger charge is 2.26. The molecule has 1 rings (SSSR count). The van der Waals surface area contributed by atoms with Gasteiger partial charge in [-0.05, 0) is 19.4 Å². The molecule has 2 nitrogen and oxygen atoms in total. The Labute approximate surface area is 73.0 Å². The van der Waals surface area contributed by atoms with E-state index in [-0.39, 0.29) is 6.04 Å². The molecule has 0 radical (unpaired) electrons. The van der Waals surface area contributed by atoms with Gasteiger partial charge < -0.3 is 10.8 Å². The van der Waals surface area contributed by atoms with E-state index in [2.05, 4.69) is 0 Å². The van der Waals surface area contributed by atoms with Crippen LogP contribution in [0, 0.1) is 0 Å². The molecular formula is C10H15NO. The Morgan fingerprint density at radius 1 is 1.33 bits per heavy atom. The zero-order valence-electron chi connectivity index (χ0n) is 7.49. The van der Waals surface area contributed by atoms with Crippen LogP contribution in [0.2, 0.25) is 0 Å². The van der Waals surface area contributed by atoms with E-state index in [1.807, 2.05) is 30.3 Å². The van der Waals surface area contributed by atoms with Crippen molar-refractivity contribution in [3.63, 3.8) is 0 Å². The van der Waals surface area contributed by atoms with E-state index < -0.39 is 5.60 Å². The minimum Gasteiger partial charge on any atom is -0.384 e. The maximum atomic E-state index is 9.94. The summed E-state index contributed by atoms with van der Waals surface area (Å²) >= 11 is 0. The molecule has 0 aliphatic carbocycles. The van der Waals surface area contributed by atoms with E-state index in [0.29, 0.717) is 0 Å². The lowest BCUT2D eigenvalue weighted by Crippen LogP contribution is -2.40. The Morgan fingerprint density at radius 2 is 1.83 bits per heavy atom. The van der Waals surface area contributed by atoms with E-state index in [0.717, 1.165) is 5.56 Å². The number of benzene rings is 1. The third kappa shape index (κ3) is 1.65. The summed E-state index contributed by atoms with van der Waals surface area (Å²) in [5, 5.41) is 9.94. The standard InChI is InChI=1S/C10H15NO/c1-8(11)10(2,12)9-6-4-3-5-7-9/h3-8,12H,11H2,1-2H3/t8-,10-/m0/s1. The van der Waals surface area contributed by atoms with Crippen LogP contribution in [0.15, 0.2) is 30.3 Å². The number of rotatable bonds is 2. The summed E-state index contributed by atoms with van der Waals surface area (Å²) in [5.41, 5.74) is 5.58. The van der Waals surface area contributed by atoms with Gasteiger partial charge in [0.15, 0.2) is 0 Å². The summed E-state index contributed by atoms with van der Waals surface area (Å²) in [6, 6.07) is 9.20. The predicted octanol–water partition coefficient (Wildman–Crippen LogP) is 1.24. The van der Waals surface area contributed by atoms with Crippen molar-refractivity contribution in [3.8, 4) is 0 Å². The van der Waals surface area contributed by atoms with Crippen LogP contribution in [0.3, 0.4) is 0 Å². The monoisotopic (exact) mass is 165 g/mol. The van der Waals surface area contributed by atoms with Gasteiger partial charge in [0.1, 0.15) is 5.60 Å². The highest BCUT2D eigenvalue weighted by molar-refractivity contribution is 5.22. The molecule has 0 aliphatic heterocycles. The first-order chi connectivity index (χ1) is 5.55. The van der Waals surface area contributed by atoms with E-state index in [9.17, 15) is 5.11 Å². The summed E-state index contributed by atoms with van der Waals surface area (Å²) in [5.74, 6) is 0. The van der Waals surface area contributed by atoms with Crippen LogP contribution >= 0.6 is 0 Å². The fraction of sp³-hybridized carbons (Fsp3) is 0.400. The lowest BCUT2D eigenvalue weighted by atomic mass is 9.90. The molecule has 0 heterocycles. The van der Waals surface area contributed by atoms with Crippen molar-refractivity contribution in [2.75, 3.05) is 0 Å². The van der Waals surface area contributed by atoms with Gasteiger partial charge in [-0.2, -0.15) is 0 Å². The van der Waals surface area contributed by atoms with Gasteiger partial charge in [-0.15, -0.1) is 0 Å². The number of nitrogens with two attached hydrogens (primary N) is 1. The molecular weight excluding hydrogens is 150 g/mol. The molecule has 0 saturated heterocycles. The van der Waals surface area contributed by atoms with Gasteiger partial charge in [-0.3, -0.25) is 0 Å². The molecule has 1 aromatic carbocycles. The third-order valence-electron chi connectivity index (χ3n) is 2.24. The number of hydrogen-bond donors (Lipinski definition) is 2. The minimum absolute atomic E-state index is 0.264. The van der Waals surface area contributed by atoms with Gasteiger partial charge >= 0.3 is 0 Å². The molecule has 0 unspecified atom stereocenters. The van der Waals surface area contributed by atoms with Gasteiger partial charge in [0, 0.05) is 6.04 Å². The molecule has 2 atom stereocenters. The highest BCUT2D eigenvalue weighted by Crippen LogP contribution is 2.22. The van der Waals surface area contributed by atoms with Crippen molar-refractivity contribution >= 4 is 0 Å². The Balaban J connectivity index is 2.98. The normalized spacial score (nSPS) is 18.3. The number of aliphatic hydroxyl groups is 1. The first-order valence-corrected chi connectivity index (χ1v) is 4.08. The molecule has 0 bridgehead atoms. The van der Waals surface area contributed by atoms with Crippen LogP contribution in [0.4, 0.5) is 0 Å². The SMILES string of the molecule is C[C@H](N)[C@](C)(O)c1ccccc1. The van der Waals surface area contributed by atoms with Crippen LogP contribution in [-0.4, -0.2) is 11.1 Å². The van der Waals surface area contributed by atoms with Crippen molar-refractivity contribution < 1.29 is 5.11 Å². The van der Waals surface area contributed by atoms with Crippen molar-refractivity contribution in [3.05, 3.63) is 35.9 Å². The first kappa shape index (κ1) is 9.23. The average Bonchev–Trinajstić information content (AvgIpc) is 2.06. The zero-order valence-corrected chi connectivity index (χ0v) is 7.49. The van der Waals surface area contributed by atoms with Crippen LogP contribution in [0.1, 0.15) is 19.4 Å². The molecule has 0 aliphatic rings. The summed E-state index contributed by atoms with van der Waals surface area (Å²) < 4.78 is 0. The molecule has 12 heavy (non-hydrogen) atoms. The smallest absolute Gasteiger partial charge is 0.102 e. The van der Waals surface area contributed by atoms with Gasteiger partial charge in [-0.25, -0.2) is 0 Å². The highest BCUT2D eigenvalue weighted by atomic mass is 16.3. The quantitative estimate of drug-likeness (QED) is 0.692. The first-order valence-electron chi connectivity index (χ1n) is 4.08. The maximum Gasteiger partial charge on any atom is 0.102 e. The second-order valence-electron chi connectivity index (χ2n) is 3.30. The van der Waals surface area contributed by atoms with Gasteiger partial charge in [-0.1, -0.05) is 30.3 Å². The molecule has 0 spiro atoms. The van der Waals surface area contributed by atoms with Gasteiger partial charge in [0.2, 0.25) is 0 Å². The second-order valence-corrected chi connectivity index (χ2v) is 3.30. The summed E-state index contributed by atoms with van der Waals surface area (Å²) in [7, 11) is 0. The Morgan fingerprint density at radius 3 is 2.25 bits per heavy atom. The Bertz CT molecular complexity index is 241. The summed E-state index contributed by atoms with van der Waals surface area (Å²) in [4.78, 5) is 0. The number of hydrogen-bond acceptors (Lipinski definition) is 2. The summed E-state index contributed by atoms with van der Waals surface area (Å²) in [6.07, 6.45) is 0. The molecule has 0 aromatic heterocycles. The molecule has 1 aromatic rings. The molecule has 2 heteroatoms. The predicted molar refractivity (Wildman–Crippen MR) is 49.7 cm³/mol. The molecule has 3 N–H and O–H groups in total. The van der Waals surface area contributed by atoms with Crippen molar-refractivity contribution in [2.24, 2.45) is 5.73 Å².